The molecule has 2 aromatic rings. The smallest absolute Gasteiger partial charge is 0.270 e. The highest BCUT2D eigenvalue weighted by Gasteiger charge is 2.19. The molecule has 0 fully saturated rings. The second-order valence-electron chi connectivity index (χ2n) is 4.00. The summed E-state index contributed by atoms with van der Waals surface area (Å²) in [7, 11) is 0. The lowest BCUT2D eigenvalue weighted by Gasteiger charge is -2.09. The average Bonchev–Trinajstić information content (AvgIpc) is 2.64. The number of halogens is 1. The summed E-state index contributed by atoms with van der Waals surface area (Å²) in [6.45, 7) is 0. The van der Waals surface area contributed by atoms with Crippen LogP contribution in [0, 0.1) is 10.1 Å². The zero-order valence-electron chi connectivity index (χ0n) is 15.9. The fourth-order valence-corrected chi connectivity index (χ4v) is 1.76. The number of amides is 1. The molecule has 112 valence electrons. The minimum atomic E-state index is -1.04. The van der Waals surface area contributed by atoms with Crippen molar-refractivity contribution in [2.45, 2.75) is 0 Å². The van der Waals surface area contributed by atoms with E-state index < -0.39 is 58.1 Å². The molecule has 0 aliphatic rings. The SMILES string of the molecule is [2H]c1c([2H])c([2H])c(C(=O)c2cc([N+](=O)[O-])ccc2NC(=O)CBr)c([2H])c1[2H]. The third-order valence-electron chi connectivity index (χ3n) is 2.58. The Hall–Kier alpha value is -2.54. The molecule has 0 spiro atoms. The average molecular weight is 368 g/mol. The lowest BCUT2D eigenvalue weighted by Crippen LogP contribution is -2.16. The van der Waals surface area contributed by atoms with E-state index in [0.29, 0.717) is 0 Å². The summed E-state index contributed by atoms with van der Waals surface area (Å²) in [6, 6.07) is -0.484. The van der Waals surface area contributed by atoms with Crippen LogP contribution >= 0.6 is 15.9 Å². The number of benzene rings is 2. The molecule has 0 radical (unpaired) electrons. The topological polar surface area (TPSA) is 89.3 Å². The van der Waals surface area contributed by atoms with E-state index in [1.807, 2.05) is 0 Å². The van der Waals surface area contributed by atoms with Crippen LogP contribution in [0.1, 0.15) is 22.8 Å². The molecule has 1 N–H and O–H groups in total. The van der Waals surface area contributed by atoms with Crippen molar-refractivity contribution in [3.8, 4) is 0 Å². The first-order valence-corrected chi connectivity index (χ1v) is 6.98. The zero-order chi connectivity index (χ0) is 20.5. The lowest BCUT2D eigenvalue weighted by molar-refractivity contribution is -0.384. The molecular formula is C15H11BrN2O4. The summed E-state index contributed by atoms with van der Waals surface area (Å²) in [5.74, 6) is -1.58. The van der Waals surface area contributed by atoms with E-state index in [4.69, 9.17) is 6.85 Å². The molecule has 1 amide bonds. The Morgan fingerprint density at radius 2 is 1.95 bits per heavy atom. The first-order valence-electron chi connectivity index (χ1n) is 8.36. The van der Waals surface area contributed by atoms with Crippen LogP contribution in [0.15, 0.2) is 48.4 Å². The van der Waals surface area contributed by atoms with Crippen LogP contribution in [0.3, 0.4) is 0 Å². The molecule has 2 aromatic carbocycles. The number of nitrogens with zero attached hydrogens (tertiary/aromatic N) is 1. The van der Waals surface area contributed by atoms with Crippen LogP contribution in [-0.2, 0) is 4.79 Å². The lowest BCUT2D eigenvalue weighted by atomic mass is 10.0. The molecule has 0 heterocycles. The molecule has 22 heavy (non-hydrogen) atoms. The summed E-state index contributed by atoms with van der Waals surface area (Å²) in [6.07, 6.45) is 0. The van der Waals surface area contributed by atoms with Gasteiger partial charge < -0.3 is 5.32 Å². The van der Waals surface area contributed by atoms with Gasteiger partial charge in [-0.15, -0.1) is 0 Å². The molecule has 0 atom stereocenters. The van der Waals surface area contributed by atoms with Gasteiger partial charge in [-0.2, -0.15) is 0 Å². The van der Waals surface area contributed by atoms with Crippen molar-refractivity contribution in [3.05, 3.63) is 69.7 Å². The predicted molar refractivity (Wildman–Crippen MR) is 85.4 cm³/mol. The van der Waals surface area contributed by atoms with Gasteiger partial charge >= 0.3 is 0 Å². The van der Waals surface area contributed by atoms with Gasteiger partial charge in [0.15, 0.2) is 5.78 Å². The minimum absolute atomic E-state index is 0.0816. The Bertz CT molecular complexity index is 954. The van der Waals surface area contributed by atoms with Gasteiger partial charge in [0.1, 0.15) is 0 Å². The van der Waals surface area contributed by atoms with Gasteiger partial charge in [-0.1, -0.05) is 46.1 Å². The highest BCUT2D eigenvalue weighted by atomic mass is 79.9. The van der Waals surface area contributed by atoms with Crippen molar-refractivity contribution in [3.63, 3.8) is 0 Å². The standard InChI is InChI=1S/C15H11BrN2O4/c16-9-14(19)17-13-7-6-11(18(21)22)8-12(13)15(20)10-4-2-1-3-5-10/h1-8H,9H2,(H,17,19)/i1D,2D,3D,4D,5D. The van der Waals surface area contributed by atoms with Crippen molar-refractivity contribution in [2.75, 3.05) is 10.6 Å². The van der Waals surface area contributed by atoms with Crippen LogP contribution in [0.25, 0.3) is 0 Å². The number of alkyl halides is 1. The van der Waals surface area contributed by atoms with E-state index >= 15 is 0 Å². The quantitative estimate of drug-likeness (QED) is 0.380. The van der Waals surface area contributed by atoms with E-state index in [-0.39, 0.29) is 16.6 Å². The van der Waals surface area contributed by atoms with Crippen LogP contribution < -0.4 is 5.32 Å². The second kappa shape index (κ2) is 6.95. The van der Waals surface area contributed by atoms with Crippen molar-refractivity contribution >= 4 is 39.0 Å². The van der Waals surface area contributed by atoms with Gasteiger partial charge in [0.2, 0.25) is 5.91 Å². The Morgan fingerprint density at radius 1 is 1.27 bits per heavy atom. The summed E-state index contributed by atoms with van der Waals surface area (Å²) < 4.78 is 38.6. The number of ketones is 1. The molecule has 2 rings (SSSR count). The maximum atomic E-state index is 12.9. The first-order chi connectivity index (χ1) is 12.6. The van der Waals surface area contributed by atoms with E-state index in [1.54, 1.807) is 0 Å². The van der Waals surface area contributed by atoms with Gasteiger partial charge in [-0.3, -0.25) is 19.7 Å². The number of nitrogens with one attached hydrogen (secondary N) is 1. The second-order valence-corrected chi connectivity index (χ2v) is 4.56. The van der Waals surface area contributed by atoms with Gasteiger partial charge in [-0.05, 0) is 6.07 Å². The van der Waals surface area contributed by atoms with Crippen LogP contribution in [0.4, 0.5) is 11.4 Å². The Morgan fingerprint density at radius 3 is 2.55 bits per heavy atom. The predicted octanol–water partition coefficient (Wildman–Crippen LogP) is 3.16. The van der Waals surface area contributed by atoms with Crippen LogP contribution in [0.5, 0.6) is 0 Å². The Balaban J connectivity index is 2.73. The number of nitro groups is 1. The molecule has 7 heteroatoms. The first kappa shape index (κ1) is 10.2. The monoisotopic (exact) mass is 367 g/mol. The summed E-state index contributed by atoms with van der Waals surface area (Å²) >= 11 is 2.93. The third-order valence-corrected chi connectivity index (χ3v) is 3.09. The van der Waals surface area contributed by atoms with E-state index in [9.17, 15) is 19.7 Å². The number of anilines is 1. The van der Waals surface area contributed by atoms with E-state index in [2.05, 4.69) is 21.2 Å². The van der Waals surface area contributed by atoms with Gasteiger partial charge in [0.05, 0.1) is 28.4 Å². The number of rotatable bonds is 5. The number of non-ortho nitro benzene ring substituents is 1. The molecule has 0 aromatic heterocycles. The summed E-state index contributed by atoms with van der Waals surface area (Å²) in [5.41, 5.74) is -1.54. The molecule has 0 aliphatic heterocycles. The summed E-state index contributed by atoms with van der Waals surface area (Å²) in [5, 5.41) is 13.3. The highest BCUT2D eigenvalue weighted by molar-refractivity contribution is 9.09. The molecule has 0 saturated carbocycles. The van der Waals surface area contributed by atoms with Gasteiger partial charge in [0.25, 0.3) is 5.69 Å². The zero-order valence-corrected chi connectivity index (χ0v) is 12.5. The molecule has 0 saturated heterocycles. The van der Waals surface area contributed by atoms with Crippen LogP contribution in [0.2, 0.25) is 0 Å². The fourth-order valence-electron chi connectivity index (χ4n) is 1.62. The van der Waals surface area contributed by atoms with Gasteiger partial charge in [-0.25, -0.2) is 0 Å². The van der Waals surface area contributed by atoms with Crippen molar-refractivity contribution in [1.82, 2.24) is 0 Å². The van der Waals surface area contributed by atoms with Crippen molar-refractivity contribution in [2.24, 2.45) is 0 Å². The number of nitro benzene ring substituents is 1. The van der Waals surface area contributed by atoms with E-state index in [1.165, 1.54) is 0 Å². The molecule has 6 nitrogen and oxygen atoms in total. The van der Waals surface area contributed by atoms with Crippen molar-refractivity contribution < 1.29 is 21.4 Å². The van der Waals surface area contributed by atoms with Gasteiger partial charge in [0, 0.05) is 17.7 Å². The molecule has 0 aliphatic carbocycles. The molecule has 0 bridgehead atoms. The number of carbonyl (C=O) groups is 2. The minimum Gasteiger partial charge on any atom is -0.325 e. The number of hydrogen-bond acceptors (Lipinski definition) is 4. The maximum Gasteiger partial charge on any atom is 0.270 e. The van der Waals surface area contributed by atoms with E-state index in [0.717, 1.165) is 18.2 Å². The molecule has 0 unspecified atom stereocenters. The Labute approximate surface area is 141 Å². The number of carbonyl (C=O) groups excluding carboxylic acids is 2. The Kier molecular flexibility index (Phi) is 3.23. The van der Waals surface area contributed by atoms with Crippen LogP contribution in [-0.4, -0.2) is 21.9 Å². The normalized spacial score (nSPS) is 13.2. The van der Waals surface area contributed by atoms with Crippen molar-refractivity contribution in [1.29, 1.82) is 0 Å². The summed E-state index contributed by atoms with van der Waals surface area (Å²) in [4.78, 5) is 34.8. The molecular weight excluding hydrogens is 352 g/mol. The highest BCUT2D eigenvalue weighted by Crippen LogP contribution is 2.25. The maximum absolute atomic E-state index is 12.9. The number of hydrogen-bond donors (Lipinski definition) is 1. The largest absolute Gasteiger partial charge is 0.325 e. The third kappa shape index (κ3) is 3.56. The fraction of sp³-hybridized carbons (Fsp3) is 0.0667.